The first-order valence-corrected chi connectivity index (χ1v) is 7.51. The topological polar surface area (TPSA) is 57.8 Å². The summed E-state index contributed by atoms with van der Waals surface area (Å²) in [7, 11) is 0. The van der Waals surface area contributed by atoms with Gasteiger partial charge in [-0.25, -0.2) is 4.98 Å². The van der Waals surface area contributed by atoms with Crippen molar-refractivity contribution in [3.8, 4) is 0 Å². The van der Waals surface area contributed by atoms with Crippen molar-refractivity contribution in [1.82, 2.24) is 9.97 Å². The Kier molecular flexibility index (Phi) is 3.39. The van der Waals surface area contributed by atoms with Gasteiger partial charge in [0.2, 0.25) is 5.91 Å². The molecule has 0 fully saturated rings. The van der Waals surface area contributed by atoms with Gasteiger partial charge in [-0.05, 0) is 11.5 Å². The van der Waals surface area contributed by atoms with Crippen LogP contribution in [0, 0.1) is 5.41 Å². The summed E-state index contributed by atoms with van der Waals surface area (Å²) < 4.78 is 0. The van der Waals surface area contributed by atoms with Gasteiger partial charge >= 0.3 is 0 Å². The van der Waals surface area contributed by atoms with Gasteiger partial charge in [0, 0.05) is 24.1 Å². The van der Waals surface area contributed by atoms with Crippen LogP contribution in [0.4, 0.5) is 5.69 Å². The number of benzene rings is 2. The van der Waals surface area contributed by atoms with Crippen LogP contribution in [-0.4, -0.2) is 15.9 Å². The van der Waals surface area contributed by atoms with Crippen LogP contribution in [0.25, 0.3) is 21.8 Å². The number of nitrogens with one attached hydrogen (secondary N) is 2. The minimum atomic E-state index is -0.0704. The summed E-state index contributed by atoms with van der Waals surface area (Å²) in [5.74, 6) is 0.909. The van der Waals surface area contributed by atoms with Crippen molar-refractivity contribution in [2.24, 2.45) is 5.41 Å². The van der Waals surface area contributed by atoms with E-state index in [1.54, 1.807) is 0 Å². The lowest BCUT2D eigenvalue weighted by atomic mass is 9.92. The Morgan fingerprint density at radius 1 is 1.23 bits per heavy atom. The van der Waals surface area contributed by atoms with Crippen LogP contribution in [-0.2, 0) is 11.2 Å². The van der Waals surface area contributed by atoms with Gasteiger partial charge in [-0.3, -0.25) is 4.79 Å². The van der Waals surface area contributed by atoms with Crippen LogP contribution < -0.4 is 5.32 Å². The van der Waals surface area contributed by atoms with E-state index in [9.17, 15) is 4.79 Å². The number of nitrogens with zero attached hydrogens (tertiary/aromatic N) is 1. The molecule has 1 aromatic heterocycles. The van der Waals surface area contributed by atoms with E-state index >= 15 is 0 Å². The molecule has 0 aliphatic heterocycles. The van der Waals surface area contributed by atoms with Crippen LogP contribution in [0.15, 0.2) is 30.3 Å². The molecule has 0 saturated carbocycles. The fourth-order valence-corrected chi connectivity index (χ4v) is 2.77. The van der Waals surface area contributed by atoms with Crippen LogP contribution >= 0.6 is 0 Å². The Hall–Kier alpha value is -2.36. The second kappa shape index (κ2) is 5.13. The van der Waals surface area contributed by atoms with Crippen molar-refractivity contribution in [1.29, 1.82) is 0 Å². The van der Waals surface area contributed by atoms with E-state index in [-0.39, 0.29) is 11.3 Å². The Morgan fingerprint density at radius 3 is 2.55 bits per heavy atom. The summed E-state index contributed by atoms with van der Waals surface area (Å²) in [5, 5.41) is 4.98. The zero-order valence-corrected chi connectivity index (χ0v) is 13.4. The lowest BCUT2D eigenvalue weighted by Gasteiger charge is -2.15. The van der Waals surface area contributed by atoms with E-state index < -0.39 is 0 Å². The lowest BCUT2D eigenvalue weighted by molar-refractivity contribution is -0.114. The zero-order chi connectivity index (χ0) is 15.9. The standard InChI is InChI=1S/C18H21N3O/c1-11(22)19-14-9-15-17(13-8-6-5-7-12(13)14)21-16(20-15)10-18(2,3)4/h5-9H,10H2,1-4H3,(H,19,22)(H,20,21). The highest BCUT2D eigenvalue weighted by molar-refractivity contribution is 6.12. The molecule has 2 N–H and O–H groups in total. The molecule has 1 heterocycles. The average Bonchev–Trinajstić information content (AvgIpc) is 2.78. The summed E-state index contributed by atoms with van der Waals surface area (Å²) in [5.41, 5.74) is 2.91. The molecule has 0 aliphatic rings. The molecule has 0 radical (unpaired) electrons. The smallest absolute Gasteiger partial charge is 0.221 e. The molecule has 2 aromatic carbocycles. The maximum atomic E-state index is 11.4. The summed E-state index contributed by atoms with van der Waals surface area (Å²) >= 11 is 0. The van der Waals surface area contributed by atoms with E-state index in [1.807, 2.05) is 30.3 Å². The number of anilines is 1. The molecule has 3 aromatic rings. The predicted octanol–water partition coefficient (Wildman–Crippen LogP) is 4.26. The van der Waals surface area contributed by atoms with Gasteiger partial charge in [-0.1, -0.05) is 45.0 Å². The number of amides is 1. The first kappa shape index (κ1) is 14.6. The molecule has 0 saturated heterocycles. The Morgan fingerprint density at radius 2 is 1.91 bits per heavy atom. The van der Waals surface area contributed by atoms with Gasteiger partial charge in [0.25, 0.3) is 0 Å². The number of imidazole rings is 1. The number of H-pyrrole nitrogens is 1. The Balaban J connectivity index is 2.22. The molecule has 0 aliphatic carbocycles. The predicted molar refractivity (Wildman–Crippen MR) is 91.1 cm³/mol. The second-order valence-corrected chi connectivity index (χ2v) is 6.97. The molecular formula is C18H21N3O. The van der Waals surface area contributed by atoms with Crippen LogP contribution in [0.3, 0.4) is 0 Å². The summed E-state index contributed by atoms with van der Waals surface area (Å²) in [6.07, 6.45) is 0.880. The van der Waals surface area contributed by atoms with E-state index in [0.717, 1.165) is 39.7 Å². The third kappa shape index (κ3) is 2.82. The molecule has 0 bridgehead atoms. The highest BCUT2D eigenvalue weighted by atomic mass is 16.1. The number of carbonyl (C=O) groups excluding carboxylic acids is 1. The van der Waals surface area contributed by atoms with Crippen molar-refractivity contribution in [3.05, 3.63) is 36.2 Å². The summed E-state index contributed by atoms with van der Waals surface area (Å²) in [6, 6.07) is 10.0. The number of hydrogen-bond acceptors (Lipinski definition) is 2. The minimum absolute atomic E-state index is 0.0704. The van der Waals surface area contributed by atoms with Gasteiger partial charge in [0.05, 0.1) is 16.7 Å². The highest BCUT2D eigenvalue weighted by Gasteiger charge is 2.16. The molecule has 3 rings (SSSR count). The fraction of sp³-hybridized carbons (Fsp3) is 0.333. The number of hydrogen-bond donors (Lipinski definition) is 2. The van der Waals surface area contributed by atoms with E-state index in [1.165, 1.54) is 6.92 Å². The fourth-order valence-electron chi connectivity index (χ4n) is 2.77. The molecule has 4 heteroatoms. The van der Waals surface area contributed by atoms with Gasteiger partial charge in [0.15, 0.2) is 0 Å². The molecule has 22 heavy (non-hydrogen) atoms. The molecular weight excluding hydrogens is 274 g/mol. The average molecular weight is 295 g/mol. The van der Waals surface area contributed by atoms with Crippen molar-refractivity contribution in [2.75, 3.05) is 5.32 Å². The van der Waals surface area contributed by atoms with Gasteiger partial charge in [-0.2, -0.15) is 0 Å². The summed E-state index contributed by atoms with van der Waals surface area (Å²) in [6.45, 7) is 8.11. The third-order valence-corrected chi connectivity index (χ3v) is 3.55. The first-order chi connectivity index (χ1) is 10.3. The zero-order valence-electron chi connectivity index (χ0n) is 13.4. The van der Waals surface area contributed by atoms with Crippen molar-refractivity contribution in [2.45, 2.75) is 34.1 Å². The number of carbonyl (C=O) groups is 1. The minimum Gasteiger partial charge on any atom is -0.342 e. The number of rotatable bonds is 2. The monoisotopic (exact) mass is 295 g/mol. The van der Waals surface area contributed by atoms with Crippen LogP contribution in [0.2, 0.25) is 0 Å². The van der Waals surface area contributed by atoms with Gasteiger partial charge in [0.1, 0.15) is 5.82 Å². The molecule has 114 valence electrons. The normalized spacial score (nSPS) is 12.0. The number of fused-ring (bicyclic) bond motifs is 3. The lowest BCUT2D eigenvalue weighted by Crippen LogP contribution is -2.10. The van der Waals surface area contributed by atoms with Crippen molar-refractivity contribution >= 4 is 33.4 Å². The van der Waals surface area contributed by atoms with Crippen molar-refractivity contribution in [3.63, 3.8) is 0 Å². The highest BCUT2D eigenvalue weighted by Crippen LogP contribution is 2.31. The Bertz CT molecular complexity index is 856. The van der Waals surface area contributed by atoms with E-state index in [2.05, 4.69) is 31.1 Å². The van der Waals surface area contributed by atoms with E-state index in [0.29, 0.717) is 0 Å². The molecule has 0 atom stereocenters. The largest absolute Gasteiger partial charge is 0.342 e. The number of aromatic amines is 1. The maximum Gasteiger partial charge on any atom is 0.221 e. The van der Waals surface area contributed by atoms with Crippen molar-refractivity contribution < 1.29 is 4.79 Å². The SMILES string of the molecule is CC(=O)Nc1cc2[nH]c(CC(C)(C)C)nc2c2ccccc12. The van der Waals surface area contributed by atoms with E-state index in [4.69, 9.17) is 4.98 Å². The van der Waals surface area contributed by atoms with Gasteiger partial charge < -0.3 is 10.3 Å². The second-order valence-electron chi connectivity index (χ2n) is 6.97. The quantitative estimate of drug-likeness (QED) is 0.742. The molecule has 0 unspecified atom stereocenters. The maximum absolute atomic E-state index is 11.4. The Labute approximate surface area is 129 Å². The van der Waals surface area contributed by atoms with Crippen LogP contribution in [0.5, 0.6) is 0 Å². The van der Waals surface area contributed by atoms with Gasteiger partial charge in [-0.15, -0.1) is 0 Å². The number of aromatic nitrogens is 2. The molecule has 4 nitrogen and oxygen atoms in total. The molecule has 1 amide bonds. The third-order valence-electron chi connectivity index (χ3n) is 3.55. The van der Waals surface area contributed by atoms with Crippen LogP contribution in [0.1, 0.15) is 33.5 Å². The first-order valence-electron chi connectivity index (χ1n) is 7.51. The summed E-state index contributed by atoms with van der Waals surface area (Å²) in [4.78, 5) is 19.6. The molecule has 0 spiro atoms.